The van der Waals surface area contributed by atoms with Gasteiger partial charge in [-0.15, -0.1) is 0 Å². The van der Waals surface area contributed by atoms with Crippen LogP contribution in [0.25, 0.3) is 39.5 Å². The molecule has 0 saturated carbocycles. The van der Waals surface area contributed by atoms with Crippen LogP contribution in [0.1, 0.15) is 40.6 Å². The first-order chi connectivity index (χ1) is 20.3. The summed E-state index contributed by atoms with van der Waals surface area (Å²) in [6.07, 6.45) is 3.47. The van der Waals surface area contributed by atoms with Crippen molar-refractivity contribution >= 4 is 46.3 Å². The van der Waals surface area contributed by atoms with Crippen LogP contribution in [0.4, 0.5) is 0 Å². The van der Waals surface area contributed by atoms with Crippen molar-refractivity contribution in [2.24, 2.45) is 5.92 Å². The fraction of sp³-hybridized carbons (Fsp3) is 0.158. The van der Waals surface area contributed by atoms with E-state index in [-0.39, 0.29) is 3.63 Å². The van der Waals surface area contributed by atoms with Crippen LogP contribution < -0.4 is 13.6 Å². The standard InChI is InChI=1S/C26H25.C12H9Si.2ClH.Zr/c1-18(2)15-20-16-22-14-13-19(3)26(25(22)17-20)24-12-8-7-11-23(24)21-9-5-4-6-10-21;1-3-7-11-9(5-1)10-6-2-4-8-12(10)13-11;;;/h4-14,16-18H,15H2,1-3H3;1-7H,13H2;2*1H;/q;;;;+2/p-2. The normalized spacial score (nSPS) is 16.0. The second-order valence-corrected chi connectivity index (χ2v) is 28.0. The summed E-state index contributed by atoms with van der Waals surface area (Å²) in [4.78, 5) is 0. The van der Waals surface area contributed by atoms with E-state index in [2.05, 4.69) is 136 Å². The predicted molar refractivity (Wildman–Crippen MR) is 183 cm³/mol. The van der Waals surface area contributed by atoms with Crippen LogP contribution in [0.15, 0.2) is 115 Å². The Bertz CT molecular complexity index is 1860. The molecule has 1 aliphatic carbocycles. The Balaban J connectivity index is 1.42. The van der Waals surface area contributed by atoms with Gasteiger partial charge < -0.3 is 0 Å². The van der Waals surface area contributed by atoms with Crippen molar-refractivity contribution in [3.63, 3.8) is 0 Å². The molecule has 5 aromatic carbocycles. The van der Waals surface area contributed by atoms with Crippen LogP contribution in [-0.4, -0.2) is 9.52 Å². The molecule has 0 saturated heterocycles. The third-order valence-electron chi connectivity index (χ3n) is 9.00. The number of hydrogen-bond donors (Lipinski definition) is 0. The maximum atomic E-state index is 7.92. The Morgan fingerprint density at radius 3 is 2.14 bits per heavy atom. The van der Waals surface area contributed by atoms with Crippen molar-refractivity contribution in [1.29, 1.82) is 0 Å². The minimum absolute atomic E-state index is 0.0903. The monoisotopic (exact) mass is 678 g/mol. The van der Waals surface area contributed by atoms with Crippen LogP contribution >= 0.6 is 17.0 Å². The predicted octanol–water partition coefficient (Wildman–Crippen LogP) is 8.70. The number of benzene rings is 5. The Kier molecular flexibility index (Phi) is 7.56. The third kappa shape index (κ3) is 4.76. The van der Waals surface area contributed by atoms with Crippen LogP contribution in [0.2, 0.25) is 0 Å². The van der Waals surface area contributed by atoms with Crippen LogP contribution in [0.3, 0.4) is 0 Å². The molecule has 0 radical (unpaired) electrons. The maximum absolute atomic E-state index is 7.92. The van der Waals surface area contributed by atoms with Gasteiger partial charge in [-0.3, -0.25) is 0 Å². The van der Waals surface area contributed by atoms with E-state index in [0.717, 1.165) is 6.42 Å². The van der Waals surface area contributed by atoms with Gasteiger partial charge in [-0.1, -0.05) is 0 Å². The number of allylic oxidation sites excluding steroid dienone is 1. The minimum atomic E-state index is -4.03. The molecule has 4 heteroatoms. The second-order valence-electron chi connectivity index (χ2n) is 12.2. The SMILES string of the molecule is Cc1ccc2c(c1-c1ccccc1-c1ccccc1)C=C(CC(C)C)[CH]2[Zr]([Cl])([Cl])[c]1cccc2c1[SiH2]c1ccccc1-2. The summed E-state index contributed by atoms with van der Waals surface area (Å²) in [5.41, 5.74) is 13.2. The van der Waals surface area contributed by atoms with Gasteiger partial charge in [0.05, 0.1) is 0 Å². The molecule has 1 atom stereocenters. The van der Waals surface area contributed by atoms with Crippen LogP contribution in [0, 0.1) is 12.8 Å². The first kappa shape index (κ1) is 28.3. The second kappa shape index (κ2) is 11.2. The van der Waals surface area contributed by atoms with E-state index in [9.17, 15) is 0 Å². The van der Waals surface area contributed by atoms with Gasteiger partial charge in [0, 0.05) is 0 Å². The quantitative estimate of drug-likeness (QED) is 0.155. The van der Waals surface area contributed by atoms with Gasteiger partial charge in [0.25, 0.3) is 0 Å². The summed E-state index contributed by atoms with van der Waals surface area (Å²) >= 11 is -4.03. The van der Waals surface area contributed by atoms with Crippen molar-refractivity contribution in [2.45, 2.75) is 30.8 Å². The Morgan fingerprint density at radius 2 is 1.38 bits per heavy atom. The number of hydrogen-bond acceptors (Lipinski definition) is 0. The van der Waals surface area contributed by atoms with Gasteiger partial charge in [-0.2, -0.15) is 0 Å². The molecule has 0 aromatic heterocycles. The fourth-order valence-corrected chi connectivity index (χ4v) is 24.0. The number of aryl methyl sites for hydroxylation is 1. The molecule has 7 rings (SSSR count). The van der Waals surface area contributed by atoms with E-state index in [1.807, 2.05) is 0 Å². The van der Waals surface area contributed by atoms with E-state index in [1.54, 1.807) is 0 Å². The summed E-state index contributed by atoms with van der Waals surface area (Å²) < 4.78 is 1.39. The van der Waals surface area contributed by atoms with Crippen molar-refractivity contribution in [3.8, 4) is 33.4 Å². The van der Waals surface area contributed by atoms with E-state index < -0.39 is 27.4 Å². The summed E-state index contributed by atoms with van der Waals surface area (Å²) in [6, 6.07) is 39.8. The fourth-order valence-electron chi connectivity index (χ4n) is 7.25. The van der Waals surface area contributed by atoms with E-state index in [1.165, 1.54) is 69.3 Å². The van der Waals surface area contributed by atoms with Gasteiger partial charge in [-0.05, 0) is 0 Å². The molecule has 0 N–H and O–H groups in total. The molecule has 5 aromatic rings. The zero-order valence-electron chi connectivity index (χ0n) is 24.3. The van der Waals surface area contributed by atoms with Gasteiger partial charge >= 0.3 is 266 Å². The summed E-state index contributed by atoms with van der Waals surface area (Å²) in [6.45, 7) is 6.86. The van der Waals surface area contributed by atoms with Gasteiger partial charge in [-0.25, -0.2) is 0 Å². The Morgan fingerprint density at radius 1 is 0.714 bits per heavy atom. The van der Waals surface area contributed by atoms with E-state index in [4.69, 9.17) is 17.0 Å². The molecule has 208 valence electrons. The molecule has 0 nitrogen and oxygen atoms in total. The number of fused-ring (bicyclic) bond motifs is 4. The average molecular weight is 681 g/mol. The molecule has 0 amide bonds. The van der Waals surface area contributed by atoms with Crippen molar-refractivity contribution in [3.05, 3.63) is 131 Å². The Labute approximate surface area is 263 Å². The third-order valence-corrected chi connectivity index (χ3v) is 23.3. The van der Waals surface area contributed by atoms with Gasteiger partial charge in [0.2, 0.25) is 0 Å². The molecule has 42 heavy (non-hydrogen) atoms. The van der Waals surface area contributed by atoms with E-state index in [0.29, 0.717) is 5.92 Å². The first-order valence-electron chi connectivity index (χ1n) is 14.9. The molecule has 2 aliphatic rings. The van der Waals surface area contributed by atoms with Gasteiger partial charge in [0.1, 0.15) is 0 Å². The molecule has 1 unspecified atom stereocenters. The Hall–Kier alpha value is -2.48. The summed E-state index contributed by atoms with van der Waals surface area (Å²) in [5, 5.41) is 2.99. The first-order valence-corrected chi connectivity index (χ1v) is 25.3. The van der Waals surface area contributed by atoms with Crippen molar-refractivity contribution in [1.82, 2.24) is 0 Å². The number of halogens is 2. The molecule has 1 heterocycles. The van der Waals surface area contributed by atoms with Crippen molar-refractivity contribution < 1.29 is 17.9 Å². The molecule has 1 aliphatic heterocycles. The molecule has 0 fully saturated rings. The summed E-state index contributed by atoms with van der Waals surface area (Å²) in [5.74, 6) is 0.518. The summed E-state index contributed by atoms with van der Waals surface area (Å²) in [7, 11) is 15.2. The number of rotatable bonds is 6. The molecular formula is C38H34Cl2SiZr. The van der Waals surface area contributed by atoms with Crippen LogP contribution in [-0.2, 0) is 17.9 Å². The molecule has 0 spiro atoms. The van der Waals surface area contributed by atoms with Crippen molar-refractivity contribution in [2.75, 3.05) is 0 Å². The molecular weight excluding hydrogens is 647 g/mol. The topological polar surface area (TPSA) is 0 Å². The van der Waals surface area contributed by atoms with Gasteiger partial charge in [0.15, 0.2) is 0 Å². The van der Waals surface area contributed by atoms with E-state index >= 15 is 0 Å². The zero-order chi connectivity index (χ0) is 29.0. The van der Waals surface area contributed by atoms with Crippen LogP contribution in [0.5, 0.6) is 0 Å². The molecule has 0 bridgehead atoms. The zero-order valence-corrected chi connectivity index (χ0v) is 29.7. The average Bonchev–Trinajstić information content (AvgIpc) is 3.55.